The summed E-state index contributed by atoms with van der Waals surface area (Å²) in [4.78, 5) is 6.74. The number of β-amino-alcohol motifs (C(OH)–C–C–N with tert-alkyl or cyclic N) is 1. The van der Waals surface area contributed by atoms with E-state index >= 15 is 0 Å². The fraction of sp³-hybridized carbons (Fsp3) is 0.692. The maximum atomic E-state index is 10.1. The van der Waals surface area contributed by atoms with Crippen LogP contribution < -0.4 is 4.90 Å². The van der Waals surface area contributed by atoms with Crippen LogP contribution in [0.25, 0.3) is 10.3 Å². The molecule has 3 rings (SSSR count). The molecule has 1 N–H and O–H groups in total. The molecule has 2 atom stereocenters. The number of thiazole rings is 1. The van der Waals surface area contributed by atoms with Crippen LogP contribution >= 0.6 is 11.3 Å². The second-order valence-electron chi connectivity index (χ2n) is 5.55. The van der Waals surface area contributed by atoms with Crippen LogP contribution in [-0.4, -0.2) is 51.3 Å². The van der Waals surface area contributed by atoms with E-state index in [-0.39, 0.29) is 12.2 Å². The molecule has 0 saturated carbocycles. The van der Waals surface area contributed by atoms with Gasteiger partial charge in [-0.05, 0) is 20.8 Å². The van der Waals surface area contributed by atoms with Gasteiger partial charge in [-0.25, -0.2) is 9.67 Å². The summed E-state index contributed by atoms with van der Waals surface area (Å²) in [7, 11) is 1.91. The Hall–Kier alpha value is -1.18. The van der Waals surface area contributed by atoms with Crippen molar-refractivity contribution in [2.45, 2.75) is 39.1 Å². The molecule has 0 bridgehead atoms. The quantitative estimate of drug-likeness (QED) is 0.925. The first-order valence-corrected chi connectivity index (χ1v) is 7.66. The molecular weight excluding hydrogens is 276 g/mol. The van der Waals surface area contributed by atoms with E-state index in [9.17, 15) is 5.11 Å². The number of aryl methyl sites for hydroxylation is 2. The highest BCUT2D eigenvalue weighted by Gasteiger charge is 2.34. The van der Waals surface area contributed by atoms with Gasteiger partial charge in [-0.2, -0.15) is 5.10 Å². The molecule has 2 aromatic rings. The smallest absolute Gasteiger partial charge is 0.188 e. The van der Waals surface area contributed by atoms with E-state index in [0.29, 0.717) is 13.1 Å². The fourth-order valence-electron chi connectivity index (χ4n) is 2.61. The van der Waals surface area contributed by atoms with Crippen LogP contribution in [0.5, 0.6) is 0 Å². The second-order valence-corrected chi connectivity index (χ2v) is 6.53. The zero-order valence-electron chi connectivity index (χ0n) is 12.2. The number of rotatable bonds is 3. The van der Waals surface area contributed by atoms with Crippen LogP contribution in [0.15, 0.2) is 0 Å². The first-order valence-electron chi connectivity index (χ1n) is 6.84. The number of aliphatic hydroxyl groups excluding tert-OH is 1. The molecule has 6 nitrogen and oxygen atoms in total. The van der Waals surface area contributed by atoms with Gasteiger partial charge in [0.15, 0.2) is 10.8 Å². The minimum absolute atomic E-state index is 0.122. The molecule has 0 aromatic carbocycles. The Labute approximate surface area is 122 Å². The Morgan fingerprint density at radius 1 is 1.40 bits per heavy atom. The molecule has 1 fully saturated rings. The lowest BCUT2D eigenvalue weighted by atomic mass is 10.2. The first-order chi connectivity index (χ1) is 9.45. The number of hydrogen-bond donors (Lipinski definition) is 1. The van der Waals surface area contributed by atoms with Gasteiger partial charge in [0.25, 0.3) is 0 Å². The van der Waals surface area contributed by atoms with E-state index in [2.05, 4.69) is 15.0 Å². The van der Waals surface area contributed by atoms with E-state index in [0.717, 1.165) is 21.2 Å². The third kappa shape index (κ3) is 2.30. The van der Waals surface area contributed by atoms with Gasteiger partial charge in [-0.15, -0.1) is 0 Å². The standard InChI is InChI=1S/C13H20N4O2S/c1-7(2)19-10-6-17(5-9(10)18)13-14-12-11(20-13)8(3)15-16(12)4/h7,9-10,18H,5-6H2,1-4H3/t9-,10-/m0/s1. The lowest BCUT2D eigenvalue weighted by Crippen LogP contribution is -2.29. The highest BCUT2D eigenvalue weighted by Crippen LogP contribution is 2.33. The van der Waals surface area contributed by atoms with Crippen molar-refractivity contribution < 1.29 is 9.84 Å². The Balaban J connectivity index is 1.83. The Kier molecular flexibility index (Phi) is 3.43. The summed E-state index contributed by atoms with van der Waals surface area (Å²) in [6.07, 6.45) is -0.471. The number of fused-ring (bicyclic) bond motifs is 1. The second kappa shape index (κ2) is 4.98. The van der Waals surface area contributed by atoms with E-state index in [1.807, 2.05) is 27.8 Å². The average molecular weight is 296 g/mol. The molecular formula is C13H20N4O2S. The van der Waals surface area contributed by atoms with Crippen molar-refractivity contribution >= 4 is 26.8 Å². The van der Waals surface area contributed by atoms with Gasteiger partial charge in [0.2, 0.25) is 0 Å². The van der Waals surface area contributed by atoms with Gasteiger partial charge >= 0.3 is 0 Å². The number of aliphatic hydroxyl groups is 1. The van der Waals surface area contributed by atoms with Crippen molar-refractivity contribution in [2.75, 3.05) is 18.0 Å². The molecule has 20 heavy (non-hydrogen) atoms. The van der Waals surface area contributed by atoms with E-state index < -0.39 is 6.10 Å². The van der Waals surface area contributed by atoms with Gasteiger partial charge in [0.05, 0.1) is 22.6 Å². The number of aromatic nitrogens is 3. The highest BCUT2D eigenvalue weighted by atomic mass is 32.1. The maximum Gasteiger partial charge on any atom is 0.188 e. The average Bonchev–Trinajstić information content (AvgIpc) is 2.98. The fourth-order valence-corrected chi connectivity index (χ4v) is 3.66. The largest absolute Gasteiger partial charge is 0.388 e. The van der Waals surface area contributed by atoms with E-state index in [1.165, 1.54) is 0 Å². The van der Waals surface area contributed by atoms with Crippen molar-refractivity contribution in [1.29, 1.82) is 0 Å². The molecule has 0 amide bonds. The maximum absolute atomic E-state index is 10.1. The van der Waals surface area contributed by atoms with Gasteiger partial charge in [0.1, 0.15) is 6.10 Å². The van der Waals surface area contributed by atoms with Crippen molar-refractivity contribution in [3.05, 3.63) is 5.69 Å². The summed E-state index contributed by atoms with van der Waals surface area (Å²) in [6, 6.07) is 0. The zero-order valence-corrected chi connectivity index (χ0v) is 13.0. The SMILES string of the molecule is Cc1nn(C)c2nc(N3C[C@H](OC(C)C)[C@@H](O)C3)sc12. The Morgan fingerprint density at radius 3 is 2.80 bits per heavy atom. The molecule has 1 aliphatic rings. The molecule has 0 radical (unpaired) electrons. The normalized spacial score (nSPS) is 23.4. The summed E-state index contributed by atoms with van der Waals surface area (Å²) in [6.45, 7) is 7.23. The number of anilines is 1. The Bertz CT molecular complexity index is 587. The van der Waals surface area contributed by atoms with Crippen molar-refractivity contribution in [3.8, 4) is 0 Å². The lowest BCUT2D eigenvalue weighted by Gasteiger charge is -2.17. The van der Waals surface area contributed by atoms with Crippen LogP contribution in [-0.2, 0) is 11.8 Å². The van der Waals surface area contributed by atoms with Gasteiger partial charge in [-0.3, -0.25) is 0 Å². The topological polar surface area (TPSA) is 63.4 Å². The summed E-state index contributed by atoms with van der Waals surface area (Å²) < 4.78 is 8.67. The van der Waals surface area contributed by atoms with Gasteiger partial charge in [0, 0.05) is 20.1 Å². The molecule has 1 saturated heterocycles. The summed E-state index contributed by atoms with van der Waals surface area (Å²) >= 11 is 1.63. The lowest BCUT2D eigenvalue weighted by molar-refractivity contribution is -0.0386. The third-order valence-electron chi connectivity index (χ3n) is 3.49. The predicted octanol–water partition coefficient (Wildman–Crippen LogP) is 1.31. The molecule has 2 aromatic heterocycles. The van der Waals surface area contributed by atoms with Gasteiger partial charge < -0.3 is 14.7 Å². The predicted molar refractivity (Wildman–Crippen MR) is 79.4 cm³/mol. The summed E-state index contributed by atoms with van der Waals surface area (Å²) in [5, 5.41) is 15.4. The first kappa shape index (κ1) is 13.8. The number of nitrogens with zero attached hydrogens (tertiary/aromatic N) is 4. The Morgan fingerprint density at radius 2 is 2.15 bits per heavy atom. The molecule has 0 aliphatic carbocycles. The number of ether oxygens (including phenoxy) is 1. The summed E-state index contributed by atoms with van der Waals surface area (Å²) in [5.74, 6) is 0. The van der Waals surface area contributed by atoms with Crippen molar-refractivity contribution in [2.24, 2.45) is 7.05 Å². The van der Waals surface area contributed by atoms with Crippen LogP contribution in [0.4, 0.5) is 5.13 Å². The minimum Gasteiger partial charge on any atom is -0.388 e. The van der Waals surface area contributed by atoms with E-state index in [4.69, 9.17) is 4.74 Å². The highest BCUT2D eigenvalue weighted by molar-refractivity contribution is 7.22. The van der Waals surface area contributed by atoms with E-state index in [1.54, 1.807) is 16.0 Å². The van der Waals surface area contributed by atoms with Crippen molar-refractivity contribution in [1.82, 2.24) is 14.8 Å². The zero-order chi connectivity index (χ0) is 14.4. The van der Waals surface area contributed by atoms with Gasteiger partial charge in [-0.1, -0.05) is 11.3 Å². The molecule has 110 valence electrons. The molecule has 7 heteroatoms. The molecule has 0 unspecified atom stereocenters. The van der Waals surface area contributed by atoms with Crippen LogP contribution in [0.1, 0.15) is 19.5 Å². The third-order valence-corrected chi connectivity index (χ3v) is 4.70. The molecule has 1 aliphatic heterocycles. The minimum atomic E-state index is -0.455. The van der Waals surface area contributed by atoms with Crippen LogP contribution in [0.3, 0.4) is 0 Å². The molecule has 3 heterocycles. The summed E-state index contributed by atoms with van der Waals surface area (Å²) in [5.41, 5.74) is 1.91. The van der Waals surface area contributed by atoms with Crippen LogP contribution in [0, 0.1) is 6.92 Å². The molecule has 0 spiro atoms. The monoisotopic (exact) mass is 296 g/mol. The number of hydrogen-bond acceptors (Lipinski definition) is 6. The van der Waals surface area contributed by atoms with Crippen molar-refractivity contribution in [3.63, 3.8) is 0 Å². The van der Waals surface area contributed by atoms with Crippen LogP contribution in [0.2, 0.25) is 0 Å².